The summed E-state index contributed by atoms with van der Waals surface area (Å²) in [7, 11) is 0. The molecule has 1 aliphatic carbocycles. The van der Waals surface area contributed by atoms with Crippen LogP contribution in [0.3, 0.4) is 0 Å². The van der Waals surface area contributed by atoms with E-state index >= 15 is 0 Å². The smallest absolute Gasteiger partial charge is 0.260 e. The van der Waals surface area contributed by atoms with Crippen molar-refractivity contribution in [1.82, 2.24) is 9.47 Å². The highest BCUT2D eigenvalue weighted by atomic mass is 16.5. The van der Waals surface area contributed by atoms with Crippen molar-refractivity contribution in [2.75, 3.05) is 19.7 Å². The molecule has 0 N–H and O–H groups in total. The molecule has 1 aromatic heterocycles. The van der Waals surface area contributed by atoms with E-state index in [9.17, 15) is 9.59 Å². The Morgan fingerprint density at radius 1 is 1.15 bits per heavy atom. The molecule has 0 unspecified atom stereocenters. The predicted molar refractivity (Wildman–Crippen MR) is 101 cm³/mol. The normalized spacial score (nSPS) is 16.7. The van der Waals surface area contributed by atoms with Crippen LogP contribution >= 0.6 is 0 Å². The summed E-state index contributed by atoms with van der Waals surface area (Å²) >= 11 is 0. The van der Waals surface area contributed by atoms with Gasteiger partial charge in [0.05, 0.1) is 13.1 Å². The molecule has 2 fully saturated rings. The number of amides is 1. The van der Waals surface area contributed by atoms with E-state index in [0.29, 0.717) is 24.9 Å². The monoisotopic (exact) mass is 368 g/mol. The van der Waals surface area contributed by atoms with E-state index in [-0.39, 0.29) is 24.2 Å². The van der Waals surface area contributed by atoms with Crippen molar-refractivity contribution in [1.29, 1.82) is 0 Å². The van der Waals surface area contributed by atoms with Gasteiger partial charge in [0.1, 0.15) is 17.6 Å². The molecule has 0 spiro atoms. The Hall–Kier alpha value is -2.76. The first-order valence-corrected chi connectivity index (χ1v) is 9.37. The largest absolute Gasteiger partial charge is 0.486 e. The Morgan fingerprint density at radius 2 is 1.89 bits per heavy atom. The van der Waals surface area contributed by atoms with E-state index in [1.807, 2.05) is 48.7 Å². The van der Waals surface area contributed by atoms with Gasteiger partial charge >= 0.3 is 0 Å². The van der Waals surface area contributed by atoms with Crippen LogP contribution in [0.1, 0.15) is 30.1 Å². The molecular formula is C21H24N2O4. The van der Waals surface area contributed by atoms with Crippen LogP contribution in [0.5, 0.6) is 11.5 Å². The van der Waals surface area contributed by atoms with Crippen LogP contribution < -0.4 is 15.0 Å². The first kappa shape index (κ1) is 17.6. The third-order valence-corrected chi connectivity index (χ3v) is 5.09. The molecule has 27 heavy (non-hydrogen) atoms. The number of benzene rings is 1. The van der Waals surface area contributed by atoms with Crippen molar-refractivity contribution in [2.24, 2.45) is 0 Å². The van der Waals surface area contributed by atoms with E-state index in [4.69, 9.17) is 9.47 Å². The molecule has 142 valence electrons. The minimum atomic E-state index is -0.0806. The molecule has 2 aromatic rings. The molecule has 0 radical (unpaired) electrons. The summed E-state index contributed by atoms with van der Waals surface area (Å²) < 4.78 is 13.3. The van der Waals surface area contributed by atoms with Crippen molar-refractivity contribution >= 4 is 5.91 Å². The number of nitrogens with zero attached hydrogens (tertiary/aromatic N) is 2. The summed E-state index contributed by atoms with van der Waals surface area (Å²) in [5.41, 5.74) is 1.93. The molecular weight excluding hydrogens is 344 g/mol. The van der Waals surface area contributed by atoms with Gasteiger partial charge in [-0.2, -0.15) is 0 Å². The van der Waals surface area contributed by atoms with Crippen LogP contribution in [0.2, 0.25) is 0 Å². The first-order valence-electron chi connectivity index (χ1n) is 9.37. The lowest BCUT2D eigenvalue weighted by molar-refractivity contribution is -0.142. The molecule has 1 aliphatic heterocycles. The number of rotatable bonds is 6. The second kappa shape index (κ2) is 7.10. The minimum absolute atomic E-state index is 0.00798. The Kier molecular flexibility index (Phi) is 4.64. The first-order chi connectivity index (χ1) is 13.0. The molecule has 2 aliphatic rings. The fourth-order valence-electron chi connectivity index (χ4n) is 3.41. The van der Waals surface area contributed by atoms with Gasteiger partial charge in [0.25, 0.3) is 11.5 Å². The van der Waals surface area contributed by atoms with E-state index in [0.717, 1.165) is 29.8 Å². The zero-order valence-corrected chi connectivity index (χ0v) is 15.7. The van der Waals surface area contributed by atoms with Crippen molar-refractivity contribution in [3.05, 3.63) is 58.0 Å². The summed E-state index contributed by atoms with van der Waals surface area (Å²) in [6, 6.07) is 11.5. The Labute approximate surface area is 158 Å². The van der Waals surface area contributed by atoms with Crippen LogP contribution in [0.15, 0.2) is 41.2 Å². The van der Waals surface area contributed by atoms with Gasteiger partial charge in [-0.15, -0.1) is 0 Å². The molecule has 1 aromatic carbocycles. The predicted octanol–water partition coefficient (Wildman–Crippen LogP) is 2.47. The van der Waals surface area contributed by atoms with E-state index < -0.39 is 0 Å². The highest BCUT2D eigenvalue weighted by Crippen LogP contribution is 2.35. The number of aromatic nitrogens is 1. The zero-order chi connectivity index (χ0) is 19.0. The van der Waals surface area contributed by atoms with Gasteiger partial charge in [-0.3, -0.25) is 9.59 Å². The maximum atomic E-state index is 12.3. The van der Waals surface area contributed by atoms with Gasteiger partial charge in [-0.05, 0) is 44.4 Å². The minimum Gasteiger partial charge on any atom is -0.486 e. The molecule has 4 rings (SSSR count). The van der Waals surface area contributed by atoms with Crippen molar-refractivity contribution < 1.29 is 14.3 Å². The van der Waals surface area contributed by atoms with Crippen molar-refractivity contribution in [3.63, 3.8) is 0 Å². The lowest BCUT2D eigenvalue weighted by atomic mass is 10.1. The standard InChI is InChI=1S/C21H24N2O4/c1-14-5-3-4-6-19(14)26-13-21(25)22-11-18(12-22)27-17-9-15(2)23(16-7-8-16)20(24)10-17/h3-6,9-10,16,18H,7-8,11-13H2,1-2H3. The quantitative estimate of drug-likeness (QED) is 0.786. The topological polar surface area (TPSA) is 60.8 Å². The number of pyridine rings is 1. The van der Waals surface area contributed by atoms with Gasteiger partial charge in [0.15, 0.2) is 6.61 Å². The fourth-order valence-corrected chi connectivity index (χ4v) is 3.41. The van der Waals surface area contributed by atoms with Gasteiger partial charge < -0.3 is 18.9 Å². The average molecular weight is 368 g/mol. The van der Waals surface area contributed by atoms with Crippen LogP contribution in [-0.2, 0) is 4.79 Å². The summed E-state index contributed by atoms with van der Waals surface area (Å²) in [5.74, 6) is 1.26. The Bertz CT molecular complexity index is 911. The Balaban J connectivity index is 1.28. The van der Waals surface area contributed by atoms with E-state index in [1.165, 1.54) is 0 Å². The maximum Gasteiger partial charge on any atom is 0.260 e. The highest BCUT2D eigenvalue weighted by molar-refractivity contribution is 5.78. The number of ether oxygens (including phenoxy) is 2. The molecule has 1 amide bonds. The van der Waals surface area contributed by atoms with Gasteiger partial charge in [-0.25, -0.2) is 0 Å². The van der Waals surface area contributed by atoms with Crippen LogP contribution in [0, 0.1) is 13.8 Å². The lowest BCUT2D eigenvalue weighted by Crippen LogP contribution is -2.57. The maximum absolute atomic E-state index is 12.3. The molecule has 1 saturated carbocycles. The number of hydrogen-bond acceptors (Lipinski definition) is 4. The lowest BCUT2D eigenvalue weighted by Gasteiger charge is -2.38. The van der Waals surface area contributed by atoms with E-state index in [2.05, 4.69) is 0 Å². The third kappa shape index (κ3) is 3.84. The van der Waals surface area contributed by atoms with Gasteiger partial charge in [-0.1, -0.05) is 18.2 Å². The molecule has 0 atom stereocenters. The van der Waals surface area contributed by atoms with Crippen LogP contribution in [0.4, 0.5) is 0 Å². The third-order valence-electron chi connectivity index (χ3n) is 5.09. The van der Waals surface area contributed by atoms with Crippen LogP contribution in [-0.4, -0.2) is 41.2 Å². The van der Waals surface area contributed by atoms with Crippen molar-refractivity contribution in [3.8, 4) is 11.5 Å². The fraction of sp³-hybridized carbons (Fsp3) is 0.429. The number of carbonyl (C=O) groups is 1. The molecule has 6 nitrogen and oxygen atoms in total. The van der Waals surface area contributed by atoms with E-state index in [1.54, 1.807) is 11.0 Å². The number of para-hydroxylation sites is 1. The molecule has 1 saturated heterocycles. The molecule has 2 heterocycles. The summed E-state index contributed by atoms with van der Waals surface area (Å²) in [5, 5.41) is 0. The number of hydrogen-bond donors (Lipinski definition) is 0. The highest BCUT2D eigenvalue weighted by Gasteiger charge is 2.33. The average Bonchev–Trinajstić information content (AvgIpc) is 3.41. The van der Waals surface area contributed by atoms with Gasteiger partial charge in [0, 0.05) is 17.8 Å². The number of likely N-dealkylation sites (tertiary alicyclic amines) is 1. The Morgan fingerprint density at radius 3 is 2.56 bits per heavy atom. The summed E-state index contributed by atoms with van der Waals surface area (Å²) in [4.78, 5) is 26.2. The molecule has 0 bridgehead atoms. The molecule has 6 heteroatoms. The van der Waals surface area contributed by atoms with Crippen LogP contribution in [0.25, 0.3) is 0 Å². The summed E-state index contributed by atoms with van der Waals surface area (Å²) in [6.45, 7) is 4.94. The second-order valence-electron chi connectivity index (χ2n) is 7.36. The summed E-state index contributed by atoms with van der Waals surface area (Å²) in [6.07, 6.45) is 2.07. The zero-order valence-electron chi connectivity index (χ0n) is 15.7. The number of carbonyl (C=O) groups excluding carboxylic acids is 1. The number of aryl methyl sites for hydroxylation is 2. The SMILES string of the molecule is Cc1ccccc1OCC(=O)N1CC(Oc2cc(C)n(C3CC3)c(=O)c2)C1. The second-order valence-corrected chi connectivity index (χ2v) is 7.36. The van der Waals surface area contributed by atoms with Crippen molar-refractivity contribution in [2.45, 2.75) is 38.8 Å². The van der Waals surface area contributed by atoms with Gasteiger partial charge in [0.2, 0.25) is 0 Å².